The number of fused-ring (bicyclic) bond motifs is 1. The van der Waals surface area contributed by atoms with Crippen molar-refractivity contribution in [2.24, 2.45) is 0 Å². The molecule has 0 saturated carbocycles. The molecule has 5 heteroatoms. The van der Waals surface area contributed by atoms with Gasteiger partial charge in [-0.15, -0.1) is 0 Å². The minimum atomic E-state index is -0.654. The highest BCUT2D eigenvalue weighted by Crippen LogP contribution is 2.50. The lowest BCUT2D eigenvalue weighted by Gasteiger charge is -2.41. The molecule has 1 atom stereocenters. The molecule has 3 rings (SSSR count). The quantitative estimate of drug-likeness (QED) is 0.520. The molecule has 1 aliphatic heterocycles. The normalized spacial score (nSPS) is 17.4. The molecule has 150 valence electrons. The van der Waals surface area contributed by atoms with E-state index in [1.165, 1.54) is 12.7 Å². The molecule has 2 aromatic carbocycles. The van der Waals surface area contributed by atoms with Crippen LogP contribution in [0.2, 0.25) is 0 Å². The van der Waals surface area contributed by atoms with Gasteiger partial charge in [-0.25, -0.2) is 0 Å². The van der Waals surface area contributed by atoms with Crippen molar-refractivity contribution < 1.29 is 24.8 Å². The van der Waals surface area contributed by atoms with Gasteiger partial charge in [0.25, 0.3) is 0 Å². The van der Waals surface area contributed by atoms with Crippen LogP contribution in [0.4, 0.5) is 0 Å². The highest BCUT2D eigenvalue weighted by Gasteiger charge is 2.41. The van der Waals surface area contributed by atoms with Crippen LogP contribution in [0.1, 0.15) is 50.3 Å². The zero-order valence-corrected chi connectivity index (χ0v) is 17.0. The number of benzene rings is 2. The monoisotopic (exact) mass is 384 g/mol. The summed E-state index contributed by atoms with van der Waals surface area (Å²) in [6, 6.07) is 6.96. The lowest BCUT2D eigenvalue weighted by molar-refractivity contribution is 0.0589. The van der Waals surface area contributed by atoms with Crippen LogP contribution >= 0.6 is 0 Å². The maximum Gasteiger partial charge on any atom is 0.200 e. The molecule has 0 unspecified atom stereocenters. The van der Waals surface area contributed by atoms with E-state index in [0.717, 1.165) is 11.1 Å². The summed E-state index contributed by atoms with van der Waals surface area (Å²) in [4.78, 5) is 0. The summed E-state index contributed by atoms with van der Waals surface area (Å²) >= 11 is 0. The van der Waals surface area contributed by atoms with E-state index in [0.29, 0.717) is 24.2 Å². The molecule has 0 saturated heterocycles. The number of phenolic OH excluding ortho intramolecular Hbond substituents is 3. The van der Waals surface area contributed by atoms with Crippen molar-refractivity contribution in [1.82, 2.24) is 0 Å². The highest BCUT2D eigenvalue weighted by atomic mass is 16.5. The average molecular weight is 384 g/mol. The molecule has 0 amide bonds. The summed E-state index contributed by atoms with van der Waals surface area (Å²) in [6.07, 6.45) is 3.27. The third kappa shape index (κ3) is 3.49. The van der Waals surface area contributed by atoms with Gasteiger partial charge < -0.3 is 24.8 Å². The van der Waals surface area contributed by atoms with Gasteiger partial charge in [-0.3, -0.25) is 0 Å². The molecule has 5 nitrogen and oxygen atoms in total. The maximum absolute atomic E-state index is 10.6. The van der Waals surface area contributed by atoms with Crippen LogP contribution in [-0.2, 0) is 12.8 Å². The van der Waals surface area contributed by atoms with E-state index in [9.17, 15) is 15.3 Å². The van der Waals surface area contributed by atoms with Crippen molar-refractivity contribution in [3.63, 3.8) is 0 Å². The zero-order chi connectivity index (χ0) is 20.6. The molecule has 0 aliphatic carbocycles. The Morgan fingerprint density at radius 2 is 1.86 bits per heavy atom. The van der Waals surface area contributed by atoms with Gasteiger partial charge >= 0.3 is 0 Å². The van der Waals surface area contributed by atoms with Crippen molar-refractivity contribution in [2.45, 2.75) is 52.1 Å². The van der Waals surface area contributed by atoms with Crippen molar-refractivity contribution >= 4 is 0 Å². The minimum Gasteiger partial charge on any atom is -0.508 e. The van der Waals surface area contributed by atoms with Crippen LogP contribution in [0.3, 0.4) is 0 Å². The predicted octanol–water partition coefficient (Wildman–Crippen LogP) is 4.82. The van der Waals surface area contributed by atoms with Gasteiger partial charge in [-0.1, -0.05) is 23.8 Å². The Hall–Kier alpha value is -2.82. The minimum absolute atomic E-state index is 0.183. The van der Waals surface area contributed by atoms with E-state index in [2.05, 4.69) is 6.08 Å². The smallest absolute Gasteiger partial charge is 0.200 e. The molecule has 2 aromatic rings. The molecule has 0 fully saturated rings. The summed E-state index contributed by atoms with van der Waals surface area (Å²) in [7, 11) is 1.44. The largest absolute Gasteiger partial charge is 0.508 e. The number of hydrogen-bond donors (Lipinski definition) is 3. The van der Waals surface area contributed by atoms with Crippen LogP contribution < -0.4 is 9.47 Å². The maximum atomic E-state index is 10.6. The summed E-state index contributed by atoms with van der Waals surface area (Å²) < 4.78 is 11.4. The third-order valence-corrected chi connectivity index (χ3v) is 5.40. The van der Waals surface area contributed by atoms with Crippen LogP contribution in [-0.4, -0.2) is 28.0 Å². The second-order valence-electron chi connectivity index (χ2n) is 8.05. The molecule has 0 bridgehead atoms. The number of ether oxygens (including phenoxy) is 2. The van der Waals surface area contributed by atoms with Gasteiger partial charge in [-0.2, -0.15) is 0 Å². The van der Waals surface area contributed by atoms with Crippen LogP contribution in [0.25, 0.3) is 0 Å². The van der Waals surface area contributed by atoms with E-state index >= 15 is 0 Å². The van der Waals surface area contributed by atoms with E-state index in [-0.39, 0.29) is 28.9 Å². The number of rotatable bonds is 4. The van der Waals surface area contributed by atoms with Gasteiger partial charge in [0.05, 0.1) is 7.11 Å². The highest BCUT2D eigenvalue weighted by molar-refractivity contribution is 5.58. The summed E-state index contributed by atoms with van der Waals surface area (Å²) in [5.41, 5.74) is 2.86. The third-order valence-electron chi connectivity index (χ3n) is 5.40. The standard InChI is InChI=1S/C23H28O5/c1-13(2)6-8-16-18(24)10-7-14-12-17(23(3,4)28-22(14)16)15-9-11-19(27-5)21(26)20(15)25/h6-7,9-11,17,24-26H,8,12H2,1-5H3/t17-/m1/s1. The first-order valence-corrected chi connectivity index (χ1v) is 9.40. The first kappa shape index (κ1) is 19.9. The molecule has 3 N–H and O–H groups in total. The summed E-state index contributed by atoms with van der Waals surface area (Å²) in [5, 5.41) is 31.1. The van der Waals surface area contributed by atoms with Gasteiger partial charge in [-0.05, 0) is 58.2 Å². The zero-order valence-electron chi connectivity index (χ0n) is 17.0. The molecular weight excluding hydrogens is 356 g/mol. The predicted molar refractivity (Wildman–Crippen MR) is 109 cm³/mol. The van der Waals surface area contributed by atoms with E-state index in [1.807, 2.05) is 33.8 Å². The van der Waals surface area contributed by atoms with Gasteiger partial charge in [0.1, 0.15) is 17.1 Å². The lowest BCUT2D eigenvalue weighted by atomic mass is 9.77. The molecule has 1 heterocycles. The van der Waals surface area contributed by atoms with Crippen molar-refractivity contribution in [3.8, 4) is 28.7 Å². The molecule has 1 aliphatic rings. The average Bonchev–Trinajstić information content (AvgIpc) is 2.62. The summed E-state index contributed by atoms with van der Waals surface area (Å²) in [5.74, 6) is 0.513. The summed E-state index contributed by atoms with van der Waals surface area (Å²) in [6.45, 7) is 7.95. The number of methoxy groups -OCH3 is 1. The Balaban J connectivity index is 2.06. The number of allylic oxidation sites excluding steroid dienone is 2. The Bertz CT molecular complexity index is 923. The van der Waals surface area contributed by atoms with Crippen molar-refractivity contribution in [3.05, 3.63) is 52.6 Å². The van der Waals surface area contributed by atoms with E-state index in [1.54, 1.807) is 18.2 Å². The SMILES string of the molecule is COc1ccc([C@H]2Cc3ccc(O)c(CC=C(C)C)c3OC2(C)C)c(O)c1O. The Morgan fingerprint density at radius 1 is 1.14 bits per heavy atom. The van der Waals surface area contributed by atoms with Gasteiger partial charge in [0.15, 0.2) is 11.5 Å². The topological polar surface area (TPSA) is 79.2 Å². The second kappa shape index (κ2) is 7.30. The van der Waals surface area contributed by atoms with Crippen molar-refractivity contribution in [2.75, 3.05) is 7.11 Å². The Morgan fingerprint density at radius 3 is 2.50 bits per heavy atom. The fraction of sp³-hybridized carbons (Fsp3) is 0.391. The number of hydrogen-bond acceptors (Lipinski definition) is 5. The van der Waals surface area contributed by atoms with Crippen LogP contribution in [0.15, 0.2) is 35.9 Å². The van der Waals surface area contributed by atoms with Gasteiger partial charge in [0, 0.05) is 17.0 Å². The molecular formula is C23H28O5. The molecule has 0 radical (unpaired) electrons. The lowest BCUT2D eigenvalue weighted by Crippen LogP contribution is -2.41. The Labute approximate surface area is 165 Å². The molecule has 28 heavy (non-hydrogen) atoms. The van der Waals surface area contributed by atoms with Crippen LogP contribution in [0.5, 0.6) is 28.7 Å². The van der Waals surface area contributed by atoms with Crippen molar-refractivity contribution in [1.29, 1.82) is 0 Å². The second-order valence-corrected chi connectivity index (χ2v) is 8.05. The molecule has 0 spiro atoms. The van der Waals surface area contributed by atoms with Crippen LogP contribution in [0, 0.1) is 0 Å². The van der Waals surface area contributed by atoms with E-state index in [4.69, 9.17) is 9.47 Å². The fourth-order valence-electron chi connectivity index (χ4n) is 3.76. The Kier molecular flexibility index (Phi) is 5.20. The number of phenols is 3. The van der Waals surface area contributed by atoms with Gasteiger partial charge in [0.2, 0.25) is 5.75 Å². The number of aromatic hydroxyl groups is 3. The fourth-order valence-corrected chi connectivity index (χ4v) is 3.76. The first-order valence-electron chi connectivity index (χ1n) is 9.40. The van der Waals surface area contributed by atoms with E-state index < -0.39 is 5.60 Å². The first-order chi connectivity index (χ1) is 13.2. The molecule has 0 aromatic heterocycles.